The number of primary amides is 1. The average Bonchev–Trinajstić information content (AvgIpc) is 3.35. The Morgan fingerprint density at radius 1 is 1.06 bits per heavy atom. The van der Waals surface area contributed by atoms with E-state index < -0.39 is 17.8 Å². The number of fused-ring (bicyclic) bond motifs is 2. The molecule has 0 aliphatic heterocycles. The molecule has 4 aromatic rings. The lowest BCUT2D eigenvalue weighted by atomic mass is 10.1. The van der Waals surface area contributed by atoms with Crippen molar-refractivity contribution in [1.82, 2.24) is 9.55 Å². The van der Waals surface area contributed by atoms with Gasteiger partial charge in [-0.25, -0.2) is 23.5 Å². The monoisotopic (exact) mass is 498 g/mol. The minimum Gasteiger partial charge on any atom is -0.458 e. The third-order valence-corrected chi connectivity index (χ3v) is 6.30. The van der Waals surface area contributed by atoms with E-state index in [2.05, 4.69) is 10.3 Å². The highest BCUT2D eigenvalue weighted by atomic mass is 35.5. The molecular formula is C24H17Cl2FN4O3. The Hall–Kier alpha value is -3.62. The van der Waals surface area contributed by atoms with Crippen molar-refractivity contribution in [3.63, 3.8) is 0 Å². The maximum Gasteiger partial charge on any atom is 0.341 e. The molecule has 0 atom stereocenters. The van der Waals surface area contributed by atoms with E-state index >= 15 is 0 Å². The highest BCUT2D eigenvalue weighted by Gasteiger charge is 2.27. The standard InChI is InChI=1S/C24H17Cl2FN4O3/c25-16-6-3-7-17(26)21(16)30-24-29-19-10-15(18(27)11-20(19)31(24)23(28)33)22(32)34-14-8-12-4-1-2-5-13(12)9-14/h1-7,10-11,14H,8-9H2,(H2,28,33)(H,29,30). The molecule has 1 heterocycles. The number of nitrogens with zero attached hydrogens (tertiary/aromatic N) is 2. The molecule has 0 saturated heterocycles. The molecule has 34 heavy (non-hydrogen) atoms. The van der Waals surface area contributed by atoms with Gasteiger partial charge in [-0.3, -0.25) is 0 Å². The number of aromatic nitrogens is 2. The number of benzene rings is 3. The zero-order valence-corrected chi connectivity index (χ0v) is 19.0. The number of imidazole rings is 1. The molecule has 7 nitrogen and oxygen atoms in total. The van der Waals surface area contributed by atoms with E-state index in [-0.39, 0.29) is 38.7 Å². The maximum absolute atomic E-state index is 15.0. The summed E-state index contributed by atoms with van der Waals surface area (Å²) in [6.45, 7) is 0. The van der Waals surface area contributed by atoms with Crippen LogP contribution >= 0.6 is 23.2 Å². The Morgan fingerprint density at radius 2 is 1.71 bits per heavy atom. The number of halogens is 3. The highest BCUT2D eigenvalue weighted by Crippen LogP contribution is 2.34. The van der Waals surface area contributed by atoms with Gasteiger partial charge in [-0.2, -0.15) is 0 Å². The van der Waals surface area contributed by atoms with E-state index in [1.165, 1.54) is 6.07 Å². The lowest BCUT2D eigenvalue weighted by Crippen LogP contribution is -2.21. The van der Waals surface area contributed by atoms with Crippen LogP contribution in [-0.4, -0.2) is 27.7 Å². The topological polar surface area (TPSA) is 99.2 Å². The SMILES string of the molecule is NC(=O)n1c(Nc2c(Cl)cccc2Cl)nc2cc(C(=O)OC3Cc4ccccc4C3)c(F)cc21. The maximum atomic E-state index is 15.0. The normalized spacial score (nSPS) is 13.1. The molecule has 5 rings (SSSR count). The molecule has 1 aromatic heterocycles. The van der Waals surface area contributed by atoms with Crippen molar-refractivity contribution >= 4 is 57.9 Å². The second-order valence-corrected chi connectivity index (χ2v) is 8.67. The van der Waals surface area contributed by atoms with Gasteiger partial charge < -0.3 is 15.8 Å². The van der Waals surface area contributed by atoms with Crippen LogP contribution in [0.5, 0.6) is 0 Å². The summed E-state index contributed by atoms with van der Waals surface area (Å²) in [5.74, 6) is -1.71. The molecule has 10 heteroatoms. The molecule has 0 saturated carbocycles. The van der Waals surface area contributed by atoms with Crippen LogP contribution in [0.2, 0.25) is 10.0 Å². The Balaban J connectivity index is 1.48. The third kappa shape index (κ3) is 3.95. The largest absolute Gasteiger partial charge is 0.458 e. The number of anilines is 2. The number of esters is 1. The summed E-state index contributed by atoms with van der Waals surface area (Å²) in [4.78, 5) is 29.3. The smallest absolute Gasteiger partial charge is 0.341 e. The summed E-state index contributed by atoms with van der Waals surface area (Å²) in [5, 5.41) is 3.43. The van der Waals surface area contributed by atoms with Gasteiger partial charge in [0.1, 0.15) is 11.9 Å². The zero-order chi connectivity index (χ0) is 24.0. The van der Waals surface area contributed by atoms with Crippen LogP contribution in [0.3, 0.4) is 0 Å². The van der Waals surface area contributed by atoms with Crippen LogP contribution in [0, 0.1) is 5.82 Å². The molecule has 0 unspecified atom stereocenters. The van der Waals surface area contributed by atoms with Gasteiger partial charge in [0.2, 0.25) is 5.95 Å². The molecule has 3 N–H and O–H groups in total. The third-order valence-electron chi connectivity index (χ3n) is 5.67. The van der Waals surface area contributed by atoms with Crippen molar-refractivity contribution in [3.05, 3.63) is 87.2 Å². The van der Waals surface area contributed by atoms with E-state index in [0.29, 0.717) is 18.5 Å². The minimum atomic E-state index is -0.911. The number of carbonyl (C=O) groups excluding carboxylic acids is 2. The van der Waals surface area contributed by atoms with Gasteiger partial charge in [0.25, 0.3) is 0 Å². The minimum absolute atomic E-state index is 0.0336. The Bertz CT molecular complexity index is 1430. The van der Waals surface area contributed by atoms with E-state index in [1.807, 2.05) is 24.3 Å². The van der Waals surface area contributed by atoms with Gasteiger partial charge in [0.05, 0.1) is 32.3 Å². The lowest BCUT2D eigenvalue weighted by molar-refractivity contribution is 0.0320. The summed E-state index contributed by atoms with van der Waals surface area (Å²) in [7, 11) is 0. The number of rotatable bonds is 4. The molecule has 0 bridgehead atoms. The Morgan fingerprint density at radius 3 is 2.32 bits per heavy atom. The zero-order valence-electron chi connectivity index (χ0n) is 17.5. The van der Waals surface area contributed by atoms with Crippen LogP contribution in [0.15, 0.2) is 54.6 Å². The molecule has 172 valence electrons. The van der Waals surface area contributed by atoms with Crippen molar-refractivity contribution in [3.8, 4) is 0 Å². The van der Waals surface area contributed by atoms with Crippen molar-refractivity contribution in [2.45, 2.75) is 18.9 Å². The first-order chi connectivity index (χ1) is 16.3. The fraction of sp³-hybridized carbons (Fsp3) is 0.125. The van der Waals surface area contributed by atoms with Crippen molar-refractivity contribution in [2.75, 3.05) is 5.32 Å². The van der Waals surface area contributed by atoms with E-state index in [9.17, 15) is 14.0 Å². The van der Waals surface area contributed by atoms with Crippen molar-refractivity contribution in [1.29, 1.82) is 0 Å². The first-order valence-corrected chi connectivity index (χ1v) is 11.1. The summed E-state index contributed by atoms with van der Waals surface area (Å²) < 4.78 is 21.5. The van der Waals surface area contributed by atoms with Crippen molar-refractivity contribution < 1.29 is 18.7 Å². The number of amides is 1. The Kier molecular flexibility index (Phi) is 5.63. The molecule has 0 fully saturated rings. The molecule has 1 aliphatic carbocycles. The first kappa shape index (κ1) is 22.2. The van der Waals surface area contributed by atoms with Gasteiger partial charge in [-0.05, 0) is 29.3 Å². The summed E-state index contributed by atoms with van der Waals surface area (Å²) in [6, 6.07) is 14.0. The van der Waals surface area contributed by atoms with E-state index in [0.717, 1.165) is 21.8 Å². The second-order valence-electron chi connectivity index (χ2n) is 7.86. The molecule has 3 aromatic carbocycles. The number of ether oxygens (including phenoxy) is 1. The van der Waals surface area contributed by atoms with Gasteiger partial charge in [-0.1, -0.05) is 53.5 Å². The van der Waals surface area contributed by atoms with Gasteiger partial charge in [0.15, 0.2) is 0 Å². The number of nitrogens with one attached hydrogen (secondary N) is 1. The van der Waals surface area contributed by atoms with E-state index in [4.69, 9.17) is 33.7 Å². The van der Waals surface area contributed by atoms with Crippen LogP contribution in [0.25, 0.3) is 11.0 Å². The lowest BCUT2D eigenvalue weighted by Gasteiger charge is -2.12. The number of hydrogen-bond acceptors (Lipinski definition) is 5. The molecule has 0 spiro atoms. The van der Waals surface area contributed by atoms with Crippen molar-refractivity contribution in [2.24, 2.45) is 5.73 Å². The summed E-state index contributed by atoms with van der Waals surface area (Å²) in [6.07, 6.45) is 0.742. The first-order valence-electron chi connectivity index (χ1n) is 10.3. The predicted molar refractivity (Wildman–Crippen MR) is 127 cm³/mol. The van der Waals surface area contributed by atoms with Gasteiger partial charge in [-0.15, -0.1) is 0 Å². The van der Waals surface area contributed by atoms with E-state index in [1.54, 1.807) is 18.2 Å². The fourth-order valence-electron chi connectivity index (χ4n) is 4.11. The van der Waals surface area contributed by atoms with Crippen LogP contribution in [0.1, 0.15) is 21.5 Å². The average molecular weight is 499 g/mol. The molecule has 1 aliphatic rings. The predicted octanol–water partition coefficient (Wildman–Crippen LogP) is 5.48. The van der Waals surface area contributed by atoms with Crippen LogP contribution in [-0.2, 0) is 17.6 Å². The molecular weight excluding hydrogens is 482 g/mol. The second kappa shape index (κ2) is 8.62. The van der Waals surface area contributed by atoms with Crippen LogP contribution in [0.4, 0.5) is 20.8 Å². The number of para-hydroxylation sites is 1. The summed E-state index contributed by atoms with van der Waals surface area (Å²) >= 11 is 12.4. The number of carbonyl (C=O) groups is 2. The number of hydrogen-bond donors (Lipinski definition) is 2. The molecule has 0 radical (unpaired) electrons. The quantitative estimate of drug-likeness (QED) is 0.363. The van der Waals surface area contributed by atoms with Crippen LogP contribution < -0.4 is 11.1 Å². The fourth-order valence-corrected chi connectivity index (χ4v) is 4.60. The van der Waals surface area contributed by atoms with Gasteiger partial charge >= 0.3 is 12.0 Å². The Labute approximate surface area is 203 Å². The molecule has 1 amide bonds. The van der Waals surface area contributed by atoms with Gasteiger partial charge in [0, 0.05) is 18.9 Å². The highest BCUT2D eigenvalue weighted by molar-refractivity contribution is 6.39. The number of nitrogens with two attached hydrogens (primary N) is 1. The summed E-state index contributed by atoms with van der Waals surface area (Å²) in [5.41, 5.74) is 7.96.